The highest BCUT2D eigenvalue weighted by molar-refractivity contribution is 5.98. The Labute approximate surface area is 249 Å². The summed E-state index contributed by atoms with van der Waals surface area (Å²) in [6, 6.07) is 21.0. The van der Waals surface area contributed by atoms with Gasteiger partial charge in [0.05, 0.1) is 32.2 Å². The molecular formula is C32H35N3O8. The summed E-state index contributed by atoms with van der Waals surface area (Å²) in [6.07, 6.45) is -2.59. The van der Waals surface area contributed by atoms with Crippen LogP contribution in [0.25, 0.3) is 0 Å². The standard InChI is InChI=1S/C32H35N3O8/c1-20-30(35-31(39)23-10-14-24(41-2)15-11-23)32(40)33-18-28(37)34-26(27(36)17-29(38)43-20)16-21-8-12-25(13-9-21)42-19-22-6-4-3-5-7-22/h3-15,20,26-27,30,36H,16-19H2,1-2H3,(H,33,40)(H,34,37)(H,35,39)/t20-,26+,27-,30+/m1/s1. The molecule has 43 heavy (non-hydrogen) atoms. The Bertz CT molecular complexity index is 1400. The molecule has 3 amide bonds. The zero-order chi connectivity index (χ0) is 30.8. The van der Waals surface area contributed by atoms with Gasteiger partial charge in [-0.1, -0.05) is 42.5 Å². The highest BCUT2D eigenvalue weighted by atomic mass is 16.5. The monoisotopic (exact) mass is 589 g/mol. The number of aliphatic hydroxyl groups excluding tert-OH is 1. The molecule has 226 valence electrons. The molecule has 1 heterocycles. The smallest absolute Gasteiger partial charge is 0.308 e. The van der Waals surface area contributed by atoms with Gasteiger partial charge in [0.15, 0.2) is 0 Å². The summed E-state index contributed by atoms with van der Waals surface area (Å²) in [5, 5.41) is 18.6. The van der Waals surface area contributed by atoms with Gasteiger partial charge in [0.2, 0.25) is 11.8 Å². The first-order valence-corrected chi connectivity index (χ1v) is 13.9. The molecule has 0 saturated carbocycles. The van der Waals surface area contributed by atoms with Gasteiger partial charge < -0.3 is 35.3 Å². The average Bonchev–Trinajstić information content (AvgIpc) is 3.01. The molecule has 1 saturated heterocycles. The third-order valence-electron chi connectivity index (χ3n) is 6.95. The van der Waals surface area contributed by atoms with E-state index in [1.165, 1.54) is 26.2 Å². The number of benzene rings is 3. The quantitative estimate of drug-likeness (QED) is 0.291. The fourth-order valence-corrected chi connectivity index (χ4v) is 4.53. The van der Waals surface area contributed by atoms with E-state index in [0.717, 1.165) is 11.1 Å². The average molecular weight is 590 g/mol. The van der Waals surface area contributed by atoms with Crippen molar-refractivity contribution in [3.05, 3.63) is 95.6 Å². The minimum absolute atomic E-state index is 0.212. The lowest BCUT2D eigenvalue weighted by Gasteiger charge is -2.28. The Hall–Kier alpha value is -4.90. The first kappa shape index (κ1) is 31.0. The van der Waals surface area contributed by atoms with Crippen molar-refractivity contribution in [2.24, 2.45) is 0 Å². The summed E-state index contributed by atoms with van der Waals surface area (Å²) in [4.78, 5) is 51.3. The van der Waals surface area contributed by atoms with E-state index >= 15 is 0 Å². The molecule has 4 atom stereocenters. The number of hydrogen-bond donors (Lipinski definition) is 4. The lowest BCUT2D eigenvalue weighted by molar-refractivity contribution is -0.154. The zero-order valence-corrected chi connectivity index (χ0v) is 23.9. The number of esters is 1. The van der Waals surface area contributed by atoms with Crippen molar-refractivity contribution in [2.45, 2.75) is 50.7 Å². The first-order chi connectivity index (χ1) is 20.7. The summed E-state index contributed by atoms with van der Waals surface area (Å²) in [6.45, 7) is 1.45. The van der Waals surface area contributed by atoms with Crippen LogP contribution in [0.5, 0.6) is 11.5 Å². The second-order valence-electron chi connectivity index (χ2n) is 10.2. The van der Waals surface area contributed by atoms with E-state index in [2.05, 4.69) is 16.0 Å². The van der Waals surface area contributed by atoms with Crippen molar-refractivity contribution in [3.63, 3.8) is 0 Å². The van der Waals surface area contributed by atoms with E-state index in [-0.39, 0.29) is 12.0 Å². The zero-order valence-electron chi connectivity index (χ0n) is 23.9. The fraction of sp³-hybridized carbons (Fsp3) is 0.312. The number of aliphatic hydroxyl groups is 1. The molecule has 3 aromatic carbocycles. The van der Waals surface area contributed by atoms with Crippen LogP contribution in [-0.2, 0) is 32.1 Å². The molecule has 0 unspecified atom stereocenters. The minimum atomic E-state index is -1.29. The number of carbonyl (C=O) groups is 4. The predicted molar refractivity (Wildman–Crippen MR) is 156 cm³/mol. The summed E-state index contributed by atoms with van der Waals surface area (Å²) < 4.78 is 16.3. The van der Waals surface area contributed by atoms with Crippen molar-refractivity contribution < 1.29 is 38.5 Å². The summed E-state index contributed by atoms with van der Waals surface area (Å²) in [5.74, 6) is -1.44. The molecular weight excluding hydrogens is 554 g/mol. The van der Waals surface area contributed by atoms with Gasteiger partial charge in [-0.2, -0.15) is 0 Å². The third kappa shape index (κ3) is 9.04. The van der Waals surface area contributed by atoms with E-state index in [1.54, 1.807) is 24.3 Å². The predicted octanol–water partition coefficient (Wildman–Crippen LogP) is 1.91. The largest absolute Gasteiger partial charge is 0.497 e. The van der Waals surface area contributed by atoms with Crippen molar-refractivity contribution in [1.29, 1.82) is 0 Å². The van der Waals surface area contributed by atoms with Crippen molar-refractivity contribution in [1.82, 2.24) is 16.0 Å². The van der Waals surface area contributed by atoms with Gasteiger partial charge in [0.1, 0.15) is 30.3 Å². The first-order valence-electron chi connectivity index (χ1n) is 13.9. The molecule has 0 spiro atoms. The highest BCUT2D eigenvalue weighted by Gasteiger charge is 2.33. The lowest BCUT2D eigenvalue weighted by Crippen LogP contribution is -2.56. The van der Waals surface area contributed by atoms with Crippen LogP contribution in [0, 0.1) is 0 Å². The van der Waals surface area contributed by atoms with Crippen LogP contribution in [-0.4, -0.2) is 66.7 Å². The van der Waals surface area contributed by atoms with Gasteiger partial charge in [-0.05, 0) is 60.9 Å². The number of carbonyl (C=O) groups excluding carboxylic acids is 4. The summed E-state index contributed by atoms with van der Waals surface area (Å²) >= 11 is 0. The molecule has 4 N–H and O–H groups in total. The van der Waals surface area contributed by atoms with Crippen LogP contribution >= 0.6 is 0 Å². The Morgan fingerprint density at radius 3 is 2.30 bits per heavy atom. The number of hydrogen-bond acceptors (Lipinski definition) is 8. The molecule has 0 aromatic heterocycles. The van der Waals surface area contributed by atoms with Crippen LogP contribution < -0.4 is 25.4 Å². The van der Waals surface area contributed by atoms with Gasteiger partial charge in [0, 0.05) is 5.56 Å². The van der Waals surface area contributed by atoms with Gasteiger partial charge in [-0.25, -0.2) is 0 Å². The minimum Gasteiger partial charge on any atom is -0.497 e. The number of ether oxygens (including phenoxy) is 3. The molecule has 11 heteroatoms. The summed E-state index contributed by atoms with van der Waals surface area (Å²) in [7, 11) is 1.50. The van der Waals surface area contributed by atoms with Gasteiger partial charge in [-0.3, -0.25) is 19.2 Å². The lowest BCUT2D eigenvalue weighted by atomic mass is 9.98. The van der Waals surface area contributed by atoms with Crippen molar-refractivity contribution >= 4 is 23.7 Å². The van der Waals surface area contributed by atoms with Crippen LogP contribution in [0.2, 0.25) is 0 Å². The maximum Gasteiger partial charge on any atom is 0.308 e. The molecule has 1 aliphatic rings. The highest BCUT2D eigenvalue weighted by Crippen LogP contribution is 2.18. The molecule has 3 aromatic rings. The number of methoxy groups -OCH3 is 1. The van der Waals surface area contributed by atoms with Crippen LogP contribution in [0.4, 0.5) is 0 Å². The molecule has 1 fully saturated rings. The van der Waals surface area contributed by atoms with E-state index in [0.29, 0.717) is 18.1 Å². The summed E-state index contributed by atoms with van der Waals surface area (Å²) in [5.41, 5.74) is 2.07. The molecule has 4 rings (SSSR count). The van der Waals surface area contributed by atoms with Crippen LogP contribution in [0.1, 0.15) is 34.8 Å². The molecule has 0 aliphatic carbocycles. The molecule has 0 radical (unpaired) electrons. The van der Waals surface area contributed by atoms with Gasteiger partial charge in [-0.15, -0.1) is 0 Å². The number of amides is 3. The van der Waals surface area contributed by atoms with Crippen LogP contribution in [0.3, 0.4) is 0 Å². The number of rotatable bonds is 8. The maximum absolute atomic E-state index is 13.0. The normalized spacial score (nSPS) is 21.2. The van der Waals surface area contributed by atoms with E-state index in [9.17, 15) is 24.3 Å². The maximum atomic E-state index is 13.0. The second-order valence-corrected chi connectivity index (χ2v) is 10.2. The number of cyclic esters (lactones) is 1. The topological polar surface area (TPSA) is 152 Å². The third-order valence-corrected chi connectivity index (χ3v) is 6.95. The van der Waals surface area contributed by atoms with E-state index < -0.39 is 60.9 Å². The Balaban J connectivity index is 1.39. The van der Waals surface area contributed by atoms with Crippen LogP contribution in [0.15, 0.2) is 78.9 Å². The van der Waals surface area contributed by atoms with Crippen molar-refractivity contribution in [3.8, 4) is 11.5 Å². The number of nitrogens with one attached hydrogen (secondary N) is 3. The fourth-order valence-electron chi connectivity index (χ4n) is 4.53. The molecule has 11 nitrogen and oxygen atoms in total. The second kappa shape index (κ2) is 14.8. The van der Waals surface area contributed by atoms with Gasteiger partial charge in [0.25, 0.3) is 5.91 Å². The molecule has 0 bridgehead atoms. The van der Waals surface area contributed by atoms with E-state index in [4.69, 9.17) is 14.2 Å². The van der Waals surface area contributed by atoms with Crippen molar-refractivity contribution in [2.75, 3.05) is 13.7 Å². The van der Waals surface area contributed by atoms with Gasteiger partial charge >= 0.3 is 5.97 Å². The van der Waals surface area contributed by atoms with E-state index in [1.807, 2.05) is 42.5 Å². The molecule has 1 aliphatic heterocycles. The Morgan fingerprint density at radius 1 is 0.953 bits per heavy atom. The SMILES string of the molecule is COc1ccc(C(=O)N[C@@H]2C(=O)NCC(=O)N[C@@H](Cc3ccc(OCc4ccccc4)cc3)[C@H](O)CC(=O)O[C@@H]2C)cc1. The Morgan fingerprint density at radius 2 is 1.63 bits per heavy atom. The Kier molecular flexibility index (Phi) is 10.7.